The summed E-state index contributed by atoms with van der Waals surface area (Å²) in [7, 11) is 0.939. The number of amides is 1. The Bertz CT molecular complexity index is 590. The molecule has 2 rings (SSSR count). The molecule has 1 heterocycles. The van der Waals surface area contributed by atoms with Gasteiger partial charge in [0.25, 0.3) is 0 Å². The Morgan fingerprint density at radius 3 is 2.42 bits per heavy atom. The van der Waals surface area contributed by atoms with Crippen LogP contribution in [-0.4, -0.2) is 44.5 Å². The molecule has 24 heavy (non-hydrogen) atoms. The fourth-order valence-corrected chi connectivity index (χ4v) is 2.36. The molecule has 0 radical (unpaired) electrons. The molecule has 0 atom stereocenters. The van der Waals surface area contributed by atoms with Gasteiger partial charge in [0, 0.05) is 13.7 Å². The van der Waals surface area contributed by atoms with E-state index in [1.807, 2.05) is 27.7 Å². The lowest BCUT2D eigenvalue weighted by molar-refractivity contribution is -0.120. The van der Waals surface area contributed by atoms with Gasteiger partial charge >= 0.3 is 7.12 Å². The van der Waals surface area contributed by atoms with Gasteiger partial charge in [-0.15, -0.1) is 0 Å². The van der Waals surface area contributed by atoms with Crippen molar-refractivity contribution in [1.29, 1.82) is 0 Å². The number of benzene rings is 1. The smallest absolute Gasteiger partial charge is 0.399 e. The quantitative estimate of drug-likeness (QED) is 0.630. The third kappa shape index (κ3) is 4.15. The maximum Gasteiger partial charge on any atom is 0.494 e. The van der Waals surface area contributed by atoms with Crippen molar-refractivity contribution in [3.05, 3.63) is 29.6 Å². The average Bonchev–Trinajstić information content (AvgIpc) is 2.70. The lowest BCUT2D eigenvalue weighted by Gasteiger charge is -2.32. The highest BCUT2D eigenvalue weighted by Crippen LogP contribution is 2.36. The van der Waals surface area contributed by atoms with Crippen molar-refractivity contribution in [2.24, 2.45) is 0 Å². The van der Waals surface area contributed by atoms with E-state index in [9.17, 15) is 9.18 Å². The molecular formula is C17H25BFNO4. The summed E-state index contributed by atoms with van der Waals surface area (Å²) in [6, 6.07) is 4.72. The predicted molar refractivity (Wildman–Crippen MR) is 90.7 cm³/mol. The lowest BCUT2D eigenvalue weighted by Crippen LogP contribution is -2.41. The summed E-state index contributed by atoms with van der Waals surface area (Å²) in [6.07, 6.45) is -0.0147. The molecule has 0 bridgehead atoms. The van der Waals surface area contributed by atoms with E-state index in [0.717, 1.165) is 0 Å². The van der Waals surface area contributed by atoms with Gasteiger partial charge in [0.1, 0.15) is 5.82 Å². The first-order valence-electron chi connectivity index (χ1n) is 8.06. The van der Waals surface area contributed by atoms with Crippen LogP contribution in [0.1, 0.15) is 33.3 Å². The topological polar surface area (TPSA) is 56.8 Å². The van der Waals surface area contributed by atoms with Crippen molar-refractivity contribution in [3.63, 3.8) is 0 Å². The Morgan fingerprint density at radius 2 is 1.88 bits per heavy atom. The number of rotatable bonds is 6. The van der Waals surface area contributed by atoms with Crippen molar-refractivity contribution in [2.75, 3.05) is 20.3 Å². The fourth-order valence-electron chi connectivity index (χ4n) is 2.36. The summed E-state index contributed by atoms with van der Waals surface area (Å²) in [4.78, 5) is 11.8. The van der Waals surface area contributed by atoms with E-state index in [2.05, 4.69) is 5.32 Å². The monoisotopic (exact) mass is 337 g/mol. The van der Waals surface area contributed by atoms with E-state index in [0.29, 0.717) is 24.2 Å². The minimum Gasteiger partial charge on any atom is -0.399 e. The highest BCUT2D eigenvalue weighted by molar-refractivity contribution is 6.62. The zero-order valence-corrected chi connectivity index (χ0v) is 14.9. The summed E-state index contributed by atoms with van der Waals surface area (Å²) in [5.41, 5.74) is -0.0119. The third-order valence-electron chi connectivity index (χ3n) is 4.58. The van der Waals surface area contributed by atoms with Crippen LogP contribution < -0.4 is 10.8 Å². The van der Waals surface area contributed by atoms with Gasteiger partial charge in [-0.3, -0.25) is 4.79 Å². The Labute approximate surface area is 143 Å². The van der Waals surface area contributed by atoms with Gasteiger partial charge in [-0.05, 0) is 44.8 Å². The van der Waals surface area contributed by atoms with Crippen LogP contribution in [0, 0.1) is 5.82 Å². The summed E-state index contributed by atoms with van der Waals surface area (Å²) in [5.74, 6) is -0.682. The third-order valence-corrected chi connectivity index (χ3v) is 4.58. The molecular weight excluding hydrogens is 312 g/mol. The van der Waals surface area contributed by atoms with Crippen LogP contribution in [0.3, 0.4) is 0 Å². The summed E-state index contributed by atoms with van der Waals surface area (Å²) in [5, 5.41) is 2.67. The zero-order chi connectivity index (χ0) is 18.0. The number of hydrogen-bond acceptors (Lipinski definition) is 4. The Balaban J connectivity index is 2.04. The van der Waals surface area contributed by atoms with Gasteiger partial charge in [-0.2, -0.15) is 0 Å². The van der Waals surface area contributed by atoms with Crippen LogP contribution in [0.15, 0.2) is 18.2 Å². The first-order chi connectivity index (χ1) is 11.2. The number of carbonyl (C=O) groups excluding carboxylic acids is 1. The first kappa shape index (κ1) is 18.9. The molecule has 132 valence electrons. The van der Waals surface area contributed by atoms with Crippen molar-refractivity contribution in [2.45, 2.75) is 45.3 Å². The molecule has 0 spiro atoms. The van der Waals surface area contributed by atoms with E-state index in [1.165, 1.54) is 6.07 Å². The molecule has 1 aromatic carbocycles. The van der Waals surface area contributed by atoms with Gasteiger partial charge < -0.3 is 19.4 Å². The highest BCUT2D eigenvalue weighted by Gasteiger charge is 2.51. The Kier molecular flexibility index (Phi) is 5.68. The van der Waals surface area contributed by atoms with Crippen LogP contribution in [-0.2, 0) is 25.3 Å². The standard InChI is InChI=1S/C17H25BFNO4/c1-16(2)17(3,4)24-18(23-16)13-7-6-12(14(19)11-13)10-15(21)20-8-9-22-5/h6-7,11H,8-10H2,1-5H3,(H,20,21). The summed E-state index contributed by atoms with van der Waals surface area (Å²) in [6.45, 7) is 8.62. The molecule has 1 aliphatic heterocycles. The van der Waals surface area contributed by atoms with Crippen molar-refractivity contribution < 1.29 is 23.2 Å². The average molecular weight is 337 g/mol. The number of halogens is 1. The number of hydrogen-bond donors (Lipinski definition) is 1. The lowest BCUT2D eigenvalue weighted by atomic mass is 9.78. The maximum absolute atomic E-state index is 14.3. The molecule has 5 nitrogen and oxygen atoms in total. The molecule has 7 heteroatoms. The van der Waals surface area contributed by atoms with Crippen LogP contribution >= 0.6 is 0 Å². The number of nitrogens with one attached hydrogen (secondary N) is 1. The number of carbonyl (C=O) groups is 1. The van der Waals surface area contributed by atoms with Crippen LogP contribution in [0.4, 0.5) is 4.39 Å². The first-order valence-corrected chi connectivity index (χ1v) is 8.06. The van der Waals surface area contributed by atoms with E-state index in [4.69, 9.17) is 14.0 Å². The van der Waals surface area contributed by atoms with Crippen molar-refractivity contribution >= 4 is 18.5 Å². The van der Waals surface area contributed by atoms with Gasteiger partial charge in [0.2, 0.25) is 5.91 Å². The minimum atomic E-state index is -0.617. The fraction of sp³-hybridized carbons (Fsp3) is 0.588. The molecule has 0 unspecified atom stereocenters. The van der Waals surface area contributed by atoms with Gasteiger partial charge in [0.05, 0.1) is 24.2 Å². The van der Waals surface area contributed by atoms with E-state index >= 15 is 0 Å². The molecule has 0 aliphatic carbocycles. The van der Waals surface area contributed by atoms with Gasteiger partial charge in [0.15, 0.2) is 0 Å². The summed E-state index contributed by atoms with van der Waals surface area (Å²) < 4.78 is 31.0. The second-order valence-corrected chi connectivity index (χ2v) is 6.96. The predicted octanol–water partition coefficient (Wildman–Crippen LogP) is 1.43. The molecule has 1 saturated heterocycles. The molecule has 1 fully saturated rings. The van der Waals surface area contributed by atoms with Crippen LogP contribution in [0.25, 0.3) is 0 Å². The Hall–Kier alpha value is -1.44. The van der Waals surface area contributed by atoms with Crippen LogP contribution in [0.2, 0.25) is 0 Å². The SMILES string of the molecule is COCCNC(=O)Cc1ccc(B2OC(C)(C)C(C)(C)O2)cc1F. The molecule has 1 aliphatic rings. The second-order valence-electron chi connectivity index (χ2n) is 6.96. The summed E-state index contributed by atoms with van der Waals surface area (Å²) >= 11 is 0. The second kappa shape index (κ2) is 7.21. The van der Waals surface area contributed by atoms with E-state index in [1.54, 1.807) is 19.2 Å². The largest absolute Gasteiger partial charge is 0.494 e. The number of methoxy groups -OCH3 is 1. The molecule has 0 saturated carbocycles. The highest BCUT2D eigenvalue weighted by atomic mass is 19.1. The normalized spacial score (nSPS) is 18.7. The maximum atomic E-state index is 14.3. The molecule has 1 N–H and O–H groups in total. The molecule has 1 aromatic rings. The van der Waals surface area contributed by atoms with Crippen LogP contribution in [0.5, 0.6) is 0 Å². The van der Waals surface area contributed by atoms with Crippen molar-refractivity contribution in [1.82, 2.24) is 5.32 Å². The van der Waals surface area contributed by atoms with E-state index in [-0.39, 0.29) is 12.3 Å². The number of ether oxygens (including phenoxy) is 1. The van der Waals surface area contributed by atoms with Crippen molar-refractivity contribution in [3.8, 4) is 0 Å². The van der Waals surface area contributed by atoms with Gasteiger partial charge in [-0.1, -0.05) is 12.1 Å². The Morgan fingerprint density at radius 1 is 1.25 bits per heavy atom. The van der Waals surface area contributed by atoms with E-state index < -0.39 is 24.1 Å². The molecule has 1 amide bonds. The minimum absolute atomic E-state index is 0.0147. The zero-order valence-electron chi connectivity index (χ0n) is 14.9. The van der Waals surface area contributed by atoms with Gasteiger partial charge in [-0.25, -0.2) is 4.39 Å². The molecule has 0 aromatic heterocycles.